The highest BCUT2D eigenvalue weighted by Crippen LogP contribution is 2.21. The van der Waals surface area contributed by atoms with Crippen LogP contribution in [0.2, 0.25) is 0 Å². The Balaban J connectivity index is 1.87. The van der Waals surface area contributed by atoms with Crippen LogP contribution in [0, 0.1) is 0 Å². The summed E-state index contributed by atoms with van der Waals surface area (Å²) in [6, 6.07) is 11.6. The predicted molar refractivity (Wildman–Crippen MR) is 98.6 cm³/mol. The highest BCUT2D eigenvalue weighted by Gasteiger charge is 2.27. The molecular weight excluding hydrogens is 346 g/mol. The van der Waals surface area contributed by atoms with Crippen LogP contribution in [0.5, 0.6) is 0 Å². The van der Waals surface area contributed by atoms with Crippen molar-refractivity contribution in [3.8, 4) is 11.4 Å². The molecule has 0 aliphatic heterocycles. The smallest absolute Gasteiger partial charge is 0.287 e. The molecule has 0 aliphatic rings. The third-order valence-electron chi connectivity index (χ3n) is 4.18. The summed E-state index contributed by atoms with van der Waals surface area (Å²) in [6.07, 6.45) is 3.31. The monoisotopic (exact) mass is 365 g/mol. The number of hydrogen-bond donors (Lipinski definition) is 3. The standard InChI is InChI=1S/C19H19N5O3/c1-24-16(14-8-5-9-21-14)13(11-22-24)19(27)23-15(17(25)18(20)26)10-12-6-3-2-4-7-12/h2-9,11,15,21H,10H2,1H3,(H2,20,26)(H,23,27). The van der Waals surface area contributed by atoms with E-state index < -0.39 is 23.6 Å². The van der Waals surface area contributed by atoms with Crippen LogP contribution in [0.1, 0.15) is 15.9 Å². The Labute approximate surface area is 155 Å². The quantitative estimate of drug-likeness (QED) is 0.536. The third kappa shape index (κ3) is 3.95. The zero-order chi connectivity index (χ0) is 19.4. The number of ketones is 1. The largest absolute Gasteiger partial charge is 0.363 e. The normalized spacial score (nSPS) is 11.7. The first-order valence-corrected chi connectivity index (χ1v) is 8.31. The average molecular weight is 365 g/mol. The van der Waals surface area contributed by atoms with Crippen LogP contribution < -0.4 is 11.1 Å². The Hall–Kier alpha value is -3.68. The number of rotatable bonds is 7. The fraction of sp³-hybridized carbons (Fsp3) is 0.158. The second kappa shape index (κ2) is 7.69. The number of nitrogens with one attached hydrogen (secondary N) is 2. The molecule has 8 nitrogen and oxygen atoms in total. The first-order chi connectivity index (χ1) is 13.0. The van der Waals surface area contributed by atoms with Crippen LogP contribution >= 0.6 is 0 Å². The van der Waals surface area contributed by atoms with Gasteiger partial charge in [-0.2, -0.15) is 5.10 Å². The average Bonchev–Trinajstić information content (AvgIpc) is 3.30. The van der Waals surface area contributed by atoms with Gasteiger partial charge in [-0.1, -0.05) is 30.3 Å². The maximum atomic E-state index is 12.8. The summed E-state index contributed by atoms with van der Waals surface area (Å²) in [5, 5.41) is 6.75. The van der Waals surface area contributed by atoms with E-state index in [4.69, 9.17) is 5.73 Å². The molecule has 2 aromatic heterocycles. The number of benzene rings is 1. The third-order valence-corrected chi connectivity index (χ3v) is 4.18. The molecule has 3 aromatic rings. The van der Waals surface area contributed by atoms with Crippen molar-refractivity contribution in [2.75, 3.05) is 0 Å². The van der Waals surface area contributed by atoms with Crippen LogP contribution in [0.15, 0.2) is 54.9 Å². The number of carbonyl (C=O) groups is 3. The number of primary amides is 1. The highest BCUT2D eigenvalue weighted by atomic mass is 16.2. The Morgan fingerprint density at radius 1 is 1.19 bits per heavy atom. The van der Waals surface area contributed by atoms with E-state index in [1.807, 2.05) is 36.4 Å². The van der Waals surface area contributed by atoms with E-state index in [0.29, 0.717) is 11.4 Å². The van der Waals surface area contributed by atoms with Gasteiger partial charge in [-0.3, -0.25) is 19.1 Å². The minimum absolute atomic E-state index is 0.159. The maximum Gasteiger partial charge on any atom is 0.287 e. The molecule has 0 saturated carbocycles. The summed E-state index contributed by atoms with van der Waals surface area (Å²) in [6.45, 7) is 0. The van der Waals surface area contributed by atoms with E-state index in [2.05, 4.69) is 15.4 Å². The van der Waals surface area contributed by atoms with Crippen LogP contribution in [-0.4, -0.2) is 38.4 Å². The lowest BCUT2D eigenvalue weighted by atomic mass is 10.0. The van der Waals surface area contributed by atoms with Crippen LogP contribution in [0.4, 0.5) is 0 Å². The van der Waals surface area contributed by atoms with Gasteiger partial charge >= 0.3 is 0 Å². The van der Waals surface area contributed by atoms with Crippen molar-refractivity contribution in [1.29, 1.82) is 0 Å². The summed E-state index contributed by atoms with van der Waals surface area (Å²) in [4.78, 5) is 39.5. The molecule has 2 heterocycles. The van der Waals surface area contributed by atoms with E-state index in [9.17, 15) is 14.4 Å². The summed E-state index contributed by atoms with van der Waals surface area (Å²) in [5.74, 6) is -2.45. The molecule has 0 bridgehead atoms. The molecule has 138 valence electrons. The molecule has 3 rings (SSSR count). The van der Waals surface area contributed by atoms with Gasteiger partial charge in [0.2, 0.25) is 5.78 Å². The van der Waals surface area contributed by atoms with Gasteiger partial charge in [-0.25, -0.2) is 0 Å². The number of nitrogens with two attached hydrogens (primary N) is 1. The molecule has 0 aliphatic carbocycles. The molecule has 0 radical (unpaired) electrons. The zero-order valence-corrected chi connectivity index (χ0v) is 14.7. The summed E-state index contributed by atoms with van der Waals surface area (Å²) < 4.78 is 1.56. The molecule has 27 heavy (non-hydrogen) atoms. The predicted octanol–water partition coefficient (Wildman–Crippen LogP) is 0.811. The Morgan fingerprint density at radius 3 is 2.56 bits per heavy atom. The minimum Gasteiger partial charge on any atom is -0.363 e. The van der Waals surface area contributed by atoms with Crippen molar-refractivity contribution in [2.45, 2.75) is 12.5 Å². The second-order valence-corrected chi connectivity index (χ2v) is 6.06. The van der Waals surface area contributed by atoms with Gasteiger partial charge in [0.05, 0.1) is 23.1 Å². The van der Waals surface area contributed by atoms with Crippen LogP contribution in [0.3, 0.4) is 0 Å². The van der Waals surface area contributed by atoms with Gasteiger partial charge in [0.1, 0.15) is 6.04 Å². The molecule has 4 N–H and O–H groups in total. The van der Waals surface area contributed by atoms with E-state index in [0.717, 1.165) is 5.56 Å². The van der Waals surface area contributed by atoms with Crippen molar-refractivity contribution >= 4 is 17.6 Å². The Morgan fingerprint density at radius 2 is 1.93 bits per heavy atom. The Kier molecular flexibility index (Phi) is 5.16. The van der Waals surface area contributed by atoms with Gasteiger partial charge in [-0.05, 0) is 17.7 Å². The molecule has 2 amide bonds. The number of aromatic nitrogens is 3. The van der Waals surface area contributed by atoms with E-state index >= 15 is 0 Å². The van der Waals surface area contributed by atoms with E-state index in [1.54, 1.807) is 24.0 Å². The van der Waals surface area contributed by atoms with Crippen LogP contribution in [0.25, 0.3) is 11.4 Å². The minimum atomic E-state index is -1.09. The topological polar surface area (TPSA) is 123 Å². The molecule has 0 saturated heterocycles. The SMILES string of the molecule is Cn1ncc(C(=O)NC(Cc2ccccc2)C(=O)C(N)=O)c1-c1ccc[nH]1. The zero-order valence-electron chi connectivity index (χ0n) is 14.7. The fourth-order valence-electron chi connectivity index (χ4n) is 2.87. The maximum absolute atomic E-state index is 12.8. The van der Waals surface area contributed by atoms with Crippen molar-refractivity contribution in [1.82, 2.24) is 20.1 Å². The molecule has 0 spiro atoms. The van der Waals surface area contributed by atoms with Gasteiger partial charge in [0.25, 0.3) is 11.8 Å². The van der Waals surface area contributed by atoms with Gasteiger partial charge < -0.3 is 16.0 Å². The van der Waals surface area contributed by atoms with Crippen molar-refractivity contribution < 1.29 is 14.4 Å². The van der Waals surface area contributed by atoms with E-state index in [1.165, 1.54) is 6.20 Å². The van der Waals surface area contributed by atoms with Crippen molar-refractivity contribution in [3.05, 3.63) is 66.0 Å². The van der Waals surface area contributed by atoms with Gasteiger partial charge in [0, 0.05) is 19.7 Å². The van der Waals surface area contributed by atoms with Crippen molar-refractivity contribution in [2.24, 2.45) is 12.8 Å². The number of Topliss-reactive ketones (excluding diaryl/α,β-unsaturated/α-hetero) is 1. The lowest BCUT2D eigenvalue weighted by molar-refractivity contribution is -0.137. The number of amides is 2. The number of carbonyl (C=O) groups excluding carboxylic acids is 3. The number of nitrogens with zero attached hydrogens (tertiary/aromatic N) is 2. The van der Waals surface area contributed by atoms with Gasteiger partial charge in [0.15, 0.2) is 0 Å². The molecule has 1 aromatic carbocycles. The molecule has 0 fully saturated rings. The summed E-state index contributed by atoms with van der Waals surface area (Å²) in [7, 11) is 1.71. The Bertz CT molecular complexity index is 961. The number of H-pyrrole nitrogens is 1. The fourth-order valence-corrected chi connectivity index (χ4v) is 2.87. The highest BCUT2D eigenvalue weighted by molar-refractivity contribution is 6.38. The molecular formula is C19H19N5O3. The van der Waals surface area contributed by atoms with Crippen LogP contribution in [-0.2, 0) is 23.1 Å². The molecule has 8 heteroatoms. The lowest BCUT2D eigenvalue weighted by Crippen LogP contribution is -2.47. The molecule has 1 unspecified atom stereocenters. The van der Waals surface area contributed by atoms with E-state index in [-0.39, 0.29) is 12.0 Å². The first kappa shape index (κ1) is 18.1. The summed E-state index contributed by atoms with van der Waals surface area (Å²) >= 11 is 0. The summed E-state index contributed by atoms with van der Waals surface area (Å²) in [5.41, 5.74) is 7.52. The number of aromatic amines is 1. The number of hydrogen-bond acceptors (Lipinski definition) is 4. The number of aryl methyl sites for hydroxylation is 1. The first-order valence-electron chi connectivity index (χ1n) is 8.31. The second-order valence-electron chi connectivity index (χ2n) is 6.06. The van der Waals surface area contributed by atoms with Gasteiger partial charge in [-0.15, -0.1) is 0 Å². The molecule has 1 atom stereocenters. The van der Waals surface area contributed by atoms with Crippen molar-refractivity contribution in [3.63, 3.8) is 0 Å². The lowest BCUT2D eigenvalue weighted by Gasteiger charge is -2.16.